The molecule has 0 saturated carbocycles. The fourth-order valence-corrected chi connectivity index (χ4v) is 3.12. The number of piperidine rings is 1. The van der Waals surface area contributed by atoms with Crippen LogP contribution in [0, 0.1) is 5.41 Å². The fourth-order valence-electron chi connectivity index (χ4n) is 3.12. The Bertz CT molecular complexity index is 649. The Balaban J connectivity index is 0.00000225. The van der Waals surface area contributed by atoms with Crippen LogP contribution in [0.25, 0.3) is 5.69 Å². The zero-order valence-electron chi connectivity index (χ0n) is 14.3. The minimum absolute atomic E-state index is 0. The highest BCUT2D eigenvalue weighted by Crippen LogP contribution is 2.28. The summed E-state index contributed by atoms with van der Waals surface area (Å²) in [6, 6.07) is 7.40. The highest BCUT2D eigenvalue weighted by atomic mass is 35.5. The van der Waals surface area contributed by atoms with E-state index in [4.69, 9.17) is 4.74 Å². The second kappa shape index (κ2) is 8.94. The molecule has 0 bridgehead atoms. The van der Waals surface area contributed by atoms with Gasteiger partial charge in [0.05, 0.1) is 6.61 Å². The summed E-state index contributed by atoms with van der Waals surface area (Å²) < 4.78 is 7.18. The molecule has 1 amide bonds. The third-order valence-corrected chi connectivity index (χ3v) is 4.59. The number of nitrogens with one attached hydrogen (secondary N) is 2. The molecular weight excluding hydrogens is 342 g/mol. The van der Waals surface area contributed by atoms with Gasteiger partial charge < -0.3 is 15.4 Å². The van der Waals surface area contributed by atoms with Gasteiger partial charge in [0.2, 0.25) is 0 Å². The summed E-state index contributed by atoms with van der Waals surface area (Å²) in [5.41, 5.74) is 1.59. The molecule has 3 rings (SSSR count). The van der Waals surface area contributed by atoms with Crippen molar-refractivity contribution < 1.29 is 9.53 Å². The summed E-state index contributed by atoms with van der Waals surface area (Å²) in [6.07, 6.45) is 5.27. The predicted molar refractivity (Wildman–Crippen MR) is 97.4 cm³/mol. The maximum Gasteiger partial charge on any atom is 0.251 e. The molecule has 8 heteroatoms. The van der Waals surface area contributed by atoms with Crippen LogP contribution in [0.2, 0.25) is 0 Å². The maximum atomic E-state index is 12.4. The van der Waals surface area contributed by atoms with Crippen molar-refractivity contribution in [1.82, 2.24) is 25.4 Å². The van der Waals surface area contributed by atoms with E-state index in [9.17, 15) is 4.79 Å². The van der Waals surface area contributed by atoms with Gasteiger partial charge in [-0.3, -0.25) is 9.36 Å². The average Bonchev–Trinajstić information content (AvgIpc) is 3.16. The molecule has 1 aliphatic heterocycles. The van der Waals surface area contributed by atoms with Crippen molar-refractivity contribution in [3.8, 4) is 5.69 Å². The van der Waals surface area contributed by atoms with Gasteiger partial charge in [-0.2, -0.15) is 0 Å². The smallest absolute Gasteiger partial charge is 0.251 e. The zero-order valence-corrected chi connectivity index (χ0v) is 15.1. The standard InChI is InChI=1S/C17H23N5O2.ClH/c1-24-11-17(6-8-18-9-7-17)10-19-16(23)14-2-4-15(5-3-14)22-12-20-21-13-22;/h2-5,12-13,18H,6-11H2,1H3,(H,19,23);1H. The number of carbonyl (C=O) groups excluding carboxylic acids is 1. The van der Waals surface area contributed by atoms with Crippen LogP contribution in [0.5, 0.6) is 0 Å². The van der Waals surface area contributed by atoms with E-state index in [-0.39, 0.29) is 23.7 Å². The highest BCUT2D eigenvalue weighted by molar-refractivity contribution is 5.94. The van der Waals surface area contributed by atoms with E-state index in [1.165, 1.54) is 0 Å². The van der Waals surface area contributed by atoms with Crippen LogP contribution in [0.4, 0.5) is 0 Å². The van der Waals surface area contributed by atoms with Crippen LogP contribution < -0.4 is 10.6 Å². The molecule has 25 heavy (non-hydrogen) atoms. The molecule has 1 fully saturated rings. The maximum absolute atomic E-state index is 12.4. The zero-order chi connectivity index (χ0) is 16.8. The number of methoxy groups -OCH3 is 1. The number of benzene rings is 1. The van der Waals surface area contributed by atoms with Gasteiger partial charge in [-0.1, -0.05) is 0 Å². The molecule has 1 aliphatic rings. The number of carbonyl (C=O) groups is 1. The van der Waals surface area contributed by atoms with Crippen molar-refractivity contribution >= 4 is 18.3 Å². The minimum atomic E-state index is -0.0562. The van der Waals surface area contributed by atoms with E-state index < -0.39 is 0 Å². The van der Waals surface area contributed by atoms with Crippen LogP contribution in [0.15, 0.2) is 36.9 Å². The Kier molecular flexibility index (Phi) is 6.92. The van der Waals surface area contributed by atoms with Gasteiger partial charge >= 0.3 is 0 Å². The van der Waals surface area contributed by atoms with Gasteiger partial charge in [0.25, 0.3) is 5.91 Å². The Hall–Kier alpha value is -1.96. The van der Waals surface area contributed by atoms with Gasteiger partial charge in [-0.25, -0.2) is 0 Å². The first kappa shape index (κ1) is 19.4. The molecule has 1 saturated heterocycles. The minimum Gasteiger partial charge on any atom is -0.384 e. The number of hydrogen-bond donors (Lipinski definition) is 2. The van der Waals surface area contributed by atoms with E-state index in [0.717, 1.165) is 31.6 Å². The monoisotopic (exact) mass is 365 g/mol. The molecule has 0 spiro atoms. The van der Waals surface area contributed by atoms with Crippen molar-refractivity contribution in [2.24, 2.45) is 5.41 Å². The molecular formula is C17H24ClN5O2. The number of aromatic nitrogens is 3. The number of ether oxygens (including phenoxy) is 1. The third kappa shape index (κ3) is 4.78. The summed E-state index contributed by atoms with van der Waals surface area (Å²) >= 11 is 0. The van der Waals surface area contributed by atoms with E-state index in [0.29, 0.717) is 18.7 Å². The molecule has 136 valence electrons. The lowest BCUT2D eigenvalue weighted by Crippen LogP contribution is -2.47. The van der Waals surface area contributed by atoms with E-state index >= 15 is 0 Å². The first-order valence-electron chi connectivity index (χ1n) is 8.15. The Morgan fingerprint density at radius 3 is 2.48 bits per heavy atom. The molecule has 0 unspecified atom stereocenters. The molecule has 0 atom stereocenters. The van der Waals surface area contributed by atoms with Gasteiger partial charge in [0, 0.05) is 30.3 Å². The lowest BCUT2D eigenvalue weighted by Gasteiger charge is -2.37. The van der Waals surface area contributed by atoms with Gasteiger partial charge in [0.15, 0.2) is 0 Å². The van der Waals surface area contributed by atoms with Crippen LogP contribution >= 0.6 is 12.4 Å². The van der Waals surface area contributed by atoms with E-state index in [1.807, 2.05) is 24.3 Å². The Morgan fingerprint density at radius 2 is 1.88 bits per heavy atom. The Morgan fingerprint density at radius 1 is 1.24 bits per heavy atom. The summed E-state index contributed by atoms with van der Waals surface area (Å²) in [5.74, 6) is -0.0562. The molecule has 1 aromatic carbocycles. The van der Waals surface area contributed by atoms with Gasteiger partial charge in [0.1, 0.15) is 12.7 Å². The second-order valence-corrected chi connectivity index (χ2v) is 6.28. The van der Waals surface area contributed by atoms with Crippen molar-refractivity contribution in [3.05, 3.63) is 42.5 Å². The topological polar surface area (TPSA) is 81.1 Å². The predicted octanol–water partition coefficient (Wildman–Crippen LogP) is 1.44. The van der Waals surface area contributed by atoms with E-state index in [2.05, 4.69) is 20.8 Å². The van der Waals surface area contributed by atoms with Crippen molar-refractivity contribution in [2.45, 2.75) is 12.8 Å². The summed E-state index contributed by atoms with van der Waals surface area (Å²) in [4.78, 5) is 12.4. The van der Waals surface area contributed by atoms with Crippen LogP contribution in [0.3, 0.4) is 0 Å². The SMILES string of the molecule is COCC1(CNC(=O)c2ccc(-n3cnnc3)cc2)CCNCC1.Cl. The number of amides is 1. The summed E-state index contributed by atoms with van der Waals surface area (Å²) in [7, 11) is 1.72. The summed E-state index contributed by atoms with van der Waals surface area (Å²) in [5, 5.41) is 14.0. The molecule has 0 aliphatic carbocycles. The van der Waals surface area contributed by atoms with Crippen LogP contribution in [-0.2, 0) is 4.74 Å². The van der Waals surface area contributed by atoms with Gasteiger partial charge in [-0.15, -0.1) is 22.6 Å². The lowest BCUT2D eigenvalue weighted by molar-refractivity contribution is 0.0512. The van der Waals surface area contributed by atoms with Crippen LogP contribution in [-0.4, -0.2) is 54.0 Å². The van der Waals surface area contributed by atoms with Crippen LogP contribution in [0.1, 0.15) is 23.2 Å². The number of halogens is 1. The van der Waals surface area contributed by atoms with Gasteiger partial charge in [-0.05, 0) is 50.2 Å². The first-order valence-corrected chi connectivity index (χ1v) is 8.15. The lowest BCUT2D eigenvalue weighted by atomic mass is 9.79. The number of nitrogens with zero attached hydrogens (tertiary/aromatic N) is 3. The molecule has 1 aromatic heterocycles. The number of hydrogen-bond acceptors (Lipinski definition) is 5. The normalized spacial score (nSPS) is 16.0. The quantitative estimate of drug-likeness (QED) is 0.809. The molecule has 7 nitrogen and oxygen atoms in total. The van der Waals surface area contributed by atoms with Crippen molar-refractivity contribution in [3.63, 3.8) is 0 Å². The fraction of sp³-hybridized carbons (Fsp3) is 0.471. The summed E-state index contributed by atoms with van der Waals surface area (Å²) in [6.45, 7) is 3.23. The molecule has 2 N–H and O–H groups in total. The molecule has 2 heterocycles. The van der Waals surface area contributed by atoms with Crippen molar-refractivity contribution in [1.29, 1.82) is 0 Å². The molecule has 2 aromatic rings. The third-order valence-electron chi connectivity index (χ3n) is 4.59. The number of rotatable bonds is 6. The van der Waals surface area contributed by atoms with E-state index in [1.54, 1.807) is 24.3 Å². The largest absolute Gasteiger partial charge is 0.384 e. The average molecular weight is 366 g/mol. The second-order valence-electron chi connectivity index (χ2n) is 6.28. The van der Waals surface area contributed by atoms with Crippen molar-refractivity contribution in [2.75, 3.05) is 33.4 Å². The Labute approximate surface area is 153 Å². The first-order chi connectivity index (χ1) is 11.7. The highest BCUT2D eigenvalue weighted by Gasteiger charge is 2.32. The molecule has 0 radical (unpaired) electrons.